The molecule has 23 heavy (non-hydrogen) atoms. The molecule has 0 spiro atoms. The van der Waals surface area contributed by atoms with Crippen LogP contribution in [0.25, 0.3) is 0 Å². The van der Waals surface area contributed by atoms with Gasteiger partial charge in [-0.3, -0.25) is 4.79 Å². The molecule has 124 valence electrons. The Bertz CT molecular complexity index is 818. The summed E-state index contributed by atoms with van der Waals surface area (Å²) in [6.45, 7) is 6.13. The van der Waals surface area contributed by atoms with E-state index >= 15 is 0 Å². The van der Waals surface area contributed by atoms with Gasteiger partial charge in [-0.1, -0.05) is 32.9 Å². The van der Waals surface area contributed by atoms with E-state index in [0.29, 0.717) is 16.1 Å². The Balaban J connectivity index is 2.14. The van der Waals surface area contributed by atoms with Crippen LogP contribution in [0.2, 0.25) is 0 Å². The lowest BCUT2D eigenvalue weighted by molar-refractivity contribution is 0.103. The van der Waals surface area contributed by atoms with E-state index in [9.17, 15) is 13.2 Å². The smallest absolute Gasteiger partial charge is 0.267 e. The van der Waals surface area contributed by atoms with Crippen LogP contribution in [-0.2, 0) is 21.0 Å². The molecule has 0 unspecified atom stereocenters. The first-order chi connectivity index (χ1) is 10.5. The van der Waals surface area contributed by atoms with Crippen molar-refractivity contribution in [3.05, 3.63) is 45.9 Å². The first-order valence-electron chi connectivity index (χ1n) is 7.09. The van der Waals surface area contributed by atoms with Gasteiger partial charge in [0.1, 0.15) is 4.88 Å². The molecule has 0 aliphatic rings. The molecule has 1 aromatic heterocycles. The van der Waals surface area contributed by atoms with Crippen molar-refractivity contribution < 1.29 is 13.2 Å². The topological polar surface area (TPSA) is 76.1 Å². The fraction of sp³-hybridized carbons (Fsp3) is 0.375. The summed E-state index contributed by atoms with van der Waals surface area (Å²) < 4.78 is 22.7. The molecule has 5 nitrogen and oxygen atoms in total. The van der Waals surface area contributed by atoms with Gasteiger partial charge < -0.3 is 5.32 Å². The Morgan fingerprint density at radius 2 is 2.00 bits per heavy atom. The number of anilines is 1. The van der Waals surface area contributed by atoms with Crippen LogP contribution < -0.4 is 5.32 Å². The van der Waals surface area contributed by atoms with Gasteiger partial charge >= 0.3 is 0 Å². The van der Waals surface area contributed by atoms with Gasteiger partial charge in [0, 0.05) is 17.4 Å². The Kier molecular flexibility index (Phi) is 4.91. The summed E-state index contributed by atoms with van der Waals surface area (Å²) in [5, 5.41) is 3.68. The number of thiazole rings is 1. The number of carbonyl (C=O) groups excluding carboxylic acids is 1. The third-order valence-corrected chi connectivity index (χ3v) is 5.26. The fourth-order valence-corrected chi connectivity index (χ4v) is 3.61. The van der Waals surface area contributed by atoms with Crippen molar-refractivity contribution in [2.24, 2.45) is 0 Å². The minimum absolute atomic E-state index is 0.0502. The molecule has 1 amide bonds. The van der Waals surface area contributed by atoms with Gasteiger partial charge in [0.15, 0.2) is 9.84 Å². The van der Waals surface area contributed by atoms with Gasteiger partial charge in [0.05, 0.1) is 17.0 Å². The maximum Gasteiger partial charge on any atom is 0.267 e. The minimum Gasteiger partial charge on any atom is -0.321 e. The number of aromatic nitrogens is 1. The van der Waals surface area contributed by atoms with Gasteiger partial charge in [0.25, 0.3) is 5.91 Å². The first-order valence-corrected chi connectivity index (χ1v) is 9.97. The lowest BCUT2D eigenvalue weighted by Crippen LogP contribution is -2.11. The molecule has 7 heteroatoms. The molecular weight excluding hydrogens is 332 g/mol. The summed E-state index contributed by atoms with van der Waals surface area (Å²) in [4.78, 5) is 17.1. The number of nitrogens with one attached hydrogen (secondary N) is 1. The molecule has 1 heterocycles. The van der Waals surface area contributed by atoms with Crippen LogP contribution in [0.1, 0.15) is 41.0 Å². The van der Waals surface area contributed by atoms with Crippen LogP contribution in [0, 0.1) is 0 Å². The van der Waals surface area contributed by atoms with Crippen LogP contribution >= 0.6 is 11.3 Å². The van der Waals surface area contributed by atoms with E-state index in [4.69, 9.17) is 0 Å². The van der Waals surface area contributed by atoms with Crippen LogP contribution in [0.3, 0.4) is 0 Å². The zero-order chi connectivity index (χ0) is 17.3. The monoisotopic (exact) mass is 352 g/mol. The van der Waals surface area contributed by atoms with Gasteiger partial charge in [0.2, 0.25) is 0 Å². The van der Waals surface area contributed by atoms with Gasteiger partial charge in [-0.25, -0.2) is 13.4 Å². The van der Waals surface area contributed by atoms with E-state index < -0.39 is 9.84 Å². The SMILES string of the molecule is CC(C)(C)c1ncc(C(=O)Nc2cccc(CS(C)(=O)=O)c2)s1. The van der Waals surface area contributed by atoms with E-state index in [2.05, 4.69) is 10.3 Å². The Hall–Kier alpha value is -1.73. The maximum absolute atomic E-state index is 12.3. The second kappa shape index (κ2) is 6.41. The van der Waals surface area contributed by atoms with Crippen molar-refractivity contribution in [1.82, 2.24) is 4.98 Å². The van der Waals surface area contributed by atoms with Gasteiger partial charge in [-0.15, -0.1) is 11.3 Å². The number of sulfone groups is 1. The normalized spacial score (nSPS) is 12.2. The number of nitrogens with zero attached hydrogens (tertiary/aromatic N) is 1. The lowest BCUT2D eigenvalue weighted by atomic mass is 9.98. The number of amides is 1. The predicted molar refractivity (Wildman–Crippen MR) is 93.8 cm³/mol. The summed E-state index contributed by atoms with van der Waals surface area (Å²) in [5.41, 5.74) is 1.12. The van der Waals surface area contributed by atoms with Crippen LogP contribution in [0.15, 0.2) is 30.5 Å². The average Bonchev–Trinajstić information content (AvgIpc) is 2.86. The molecule has 0 saturated carbocycles. The Morgan fingerprint density at radius 1 is 1.30 bits per heavy atom. The highest BCUT2D eigenvalue weighted by Gasteiger charge is 2.20. The maximum atomic E-state index is 12.3. The van der Waals surface area contributed by atoms with Crippen molar-refractivity contribution in [2.75, 3.05) is 11.6 Å². The van der Waals surface area contributed by atoms with Crippen molar-refractivity contribution in [1.29, 1.82) is 0 Å². The van der Waals surface area contributed by atoms with E-state index in [1.54, 1.807) is 30.5 Å². The Morgan fingerprint density at radius 3 is 2.57 bits per heavy atom. The lowest BCUT2D eigenvalue weighted by Gasteiger charge is -2.13. The standard InChI is InChI=1S/C16H20N2O3S2/c1-16(2,3)15-17-9-13(22-15)14(19)18-12-7-5-6-11(8-12)10-23(4,20)21/h5-9H,10H2,1-4H3,(H,18,19). The highest BCUT2D eigenvalue weighted by molar-refractivity contribution is 7.89. The third kappa shape index (κ3) is 5.14. The van der Waals surface area contributed by atoms with E-state index in [-0.39, 0.29) is 17.1 Å². The fourth-order valence-electron chi connectivity index (χ4n) is 1.96. The molecular formula is C16H20N2O3S2. The minimum atomic E-state index is -3.11. The second-order valence-electron chi connectivity index (χ2n) is 6.50. The van der Waals surface area contributed by atoms with Gasteiger partial charge in [-0.2, -0.15) is 0 Å². The quantitative estimate of drug-likeness (QED) is 0.916. The highest BCUT2D eigenvalue weighted by Crippen LogP contribution is 2.27. The van der Waals surface area contributed by atoms with Crippen LogP contribution in [-0.4, -0.2) is 25.6 Å². The molecule has 1 aromatic carbocycles. The Labute approximate surface area is 140 Å². The van der Waals surface area contributed by atoms with Crippen molar-refractivity contribution in [2.45, 2.75) is 31.9 Å². The third-order valence-electron chi connectivity index (χ3n) is 2.98. The summed E-state index contributed by atoms with van der Waals surface area (Å²) in [7, 11) is -3.11. The van der Waals surface area contributed by atoms with Crippen molar-refractivity contribution in [3.63, 3.8) is 0 Å². The number of hydrogen-bond donors (Lipinski definition) is 1. The van der Waals surface area contributed by atoms with Crippen molar-refractivity contribution in [3.8, 4) is 0 Å². The summed E-state index contributed by atoms with van der Waals surface area (Å²) >= 11 is 1.36. The predicted octanol–water partition coefficient (Wildman–Crippen LogP) is 3.24. The molecule has 0 fully saturated rings. The molecule has 0 saturated heterocycles. The number of hydrogen-bond acceptors (Lipinski definition) is 5. The van der Waals surface area contributed by atoms with Crippen molar-refractivity contribution >= 4 is 32.8 Å². The molecule has 1 N–H and O–H groups in total. The van der Waals surface area contributed by atoms with E-state index in [0.717, 1.165) is 5.01 Å². The van der Waals surface area contributed by atoms with E-state index in [1.807, 2.05) is 20.8 Å². The summed E-state index contributed by atoms with van der Waals surface area (Å²) in [5.74, 6) is -0.291. The molecule has 0 aliphatic heterocycles. The highest BCUT2D eigenvalue weighted by atomic mass is 32.2. The largest absolute Gasteiger partial charge is 0.321 e. The molecule has 0 radical (unpaired) electrons. The number of benzene rings is 1. The number of carbonyl (C=O) groups is 1. The molecule has 0 aliphatic carbocycles. The number of rotatable bonds is 4. The van der Waals surface area contributed by atoms with E-state index in [1.165, 1.54) is 17.6 Å². The zero-order valence-corrected chi connectivity index (χ0v) is 15.2. The molecule has 0 atom stereocenters. The van der Waals surface area contributed by atoms with Gasteiger partial charge in [-0.05, 0) is 17.7 Å². The van der Waals surface area contributed by atoms with Crippen LogP contribution in [0.5, 0.6) is 0 Å². The molecule has 2 rings (SSSR count). The summed E-state index contributed by atoms with van der Waals surface area (Å²) in [6.07, 6.45) is 2.75. The zero-order valence-electron chi connectivity index (χ0n) is 13.6. The van der Waals surface area contributed by atoms with Crippen LogP contribution in [0.4, 0.5) is 5.69 Å². The first kappa shape index (κ1) is 17.6. The molecule has 2 aromatic rings. The molecule has 0 bridgehead atoms. The summed E-state index contributed by atoms with van der Waals surface area (Å²) in [6, 6.07) is 6.85. The second-order valence-corrected chi connectivity index (χ2v) is 9.68. The average molecular weight is 352 g/mol.